The fourth-order valence-electron chi connectivity index (χ4n) is 4.09. The van der Waals surface area contributed by atoms with E-state index in [1.807, 2.05) is 0 Å². The van der Waals surface area contributed by atoms with Gasteiger partial charge in [-0.25, -0.2) is 0 Å². The molecule has 1 atom stereocenters. The first-order valence-electron chi connectivity index (χ1n) is 7.72. The third-order valence-corrected chi connectivity index (χ3v) is 5.95. The summed E-state index contributed by atoms with van der Waals surface area (Å²) < 4.78 is 7.01. The van der Waals surface area contributed by atoms with Crippen LogP contribution in [0, 0.1) is 6.92 Å². The van der Waals surface area contributed by atoms with Crippen molar-refractivity contribution in [2.75, 3.05) is 13.7 Å². The maximum atomic E-state index is 5.81. The lowest BCUT2D eigenvalue weighted by Gasteiger charge is -2.33. The Balaban J connectivity index is 2.25. The number of halogens is 1. The maximum Gasteiger partial charge on any atom is 0.138 e. The molecule has 1 unspecified atom stereocenters. The molecule has 2 aliphatic rings. The minimum absolute atomic E-state index is 0.0599. The van der Waals surface area contributed by atoms with E-state index in [2.05, 4.69) is 35.1 Å². The summed E-state index contributed by atoms with van der Waals surface area (Å²) in [6, 6.07) is 0. The van der Waals surface area contributed by atoms with Gasteiger partial charge in [0.1, 0.15) is 5.75 Å². The molecule has 0 aromatic heterocycles. The molecule has 2 nitrogen and oxygen atoms in total. The molecule has 1 N–H and O–H groups in total. The van der Waals surface area contributed by atoms with E-state index in [0.29, 0.717) is 0 Å². The highest BCUT2D eigenvalue weighted by atomic mass is 79.9. The van der Waals surface area contributed by atoms with Crippen molar-refractivity contribution in [2.24, 2.45) is 0 Å². The molecule has 3 rings (SSSR count). The second kappa shape index (κ2) is 5.34. The van der Waals surface area contributed by atoms with E-state index in [4.69, 9.17) is 4.74 Å². The van der Waals surface area contributed by atoms with Crippen molar-refractivity contribution in [3.63, 3.8) is 0 Å². The number of hydrogen-bond donors (Lipinski definition) is 1. The third-order valence-electron chi connectivity index (χ3n) is 5.11. The number of ether oxygens (including phenoxy) is 1. The van der Waals surface area contributed by atoms with Gasteiger partial charge in [0.15, 0.2) is 0 Å². The molecule has 110 valence electrons. The third kappa shape index (κ3) is 2.10. The highest BCUT2D eigenvalue weighted by Crippen LogP contribution is 2.47. The van der Waals surface area contributed by atoms with Gasteiger partial charge in [0, 0.05) is 11.1 Å². The lowest BCUT2D eigenvalue weighted by molar-refractivity contribution is 0.365. The van der Waals surface area contributed by atoms with E-state index in [9.17, 15) is 0 Å². The number of methoxy groups -OCH3 is 1. The van der Waals surface area contributed by atoms with Crippen LogP contribution in [0.3, 0.4) is 0 Å². The fourth-order valence-corrected chi connectivity index (χ4v) is 4.89. The molecule has 0 bridgehead atoms. The molecule has 1 aromatic carbocycles. The van der Waals surface area contributed by atoms with Crippen LogP contribution in [-0.2, 0) is 18.4 Å². The highest BCUT2D eigenvalue weighted by Gasteiger charge is 2.37. The van der Waals surface area contributed by atoms with E-state index >= 15 is 0 Å². The lowest BCUT2D eigenvalue weighted by Crippen LogP contribution is -2.35. The summed E-state index contributed by atoms with van der Waals surface area (Å²) in [7, 11) is 1.80. The second-order valence-corrected chi connectivity index (χ2v) is 7.17. The molecule has 1 saturated heterocycles. The van der Waals surface area contributed by atoms with Crippen molar-refractivity contribution in [3.8, 4) is 5.75 Å². The van der Waals surface area contributed by atoms with Gasteiger partial charge >= 0.3 is 0 Å². The van der Waals surface area contributed by atoms with Gasteiger partial charge in [-0.15, -0.1) is 0 Å². The summed E-state index contributed by atoms with van der Waals surface area (Å²) in [6.07, 6.45) is 7.44. The van der Waals surface area contributed by atoms with Gasteiger partial charge in [0.25, 0.3) is 0 Å². The summed E-state index contributed by atoms with van der Waals surface area (Å²) in [6.45, 7) is 5.72. The van der Waals surface area contributed by atoms with Crippen LogP contribution in [0.15, 0.2) is 4.47 Å². The second-order valence-electron chi connectivity index (χ2n) is 6.37. The zero-order valence-electron chi connectivity index (χ0n) is 12.7. The molecule has 1 aliphatic heterocycles. The molecular formula is C17H24BrNO. The van der Waals surface area contributed by atoms with Gasteiger partial charge in [-0.3, -0.25) is 0 Å². The molecule has 0 amide bonds. The van der Waals surface area contributed by atoms with Gasteiger partial charge in [0.2, 0.25) is 0 Å². The van der Waals surface area contributed by atoms with Gasteiger partial charge < -0.3 is 10.1 Å². The summed E-state index contributed by atoms with van der Waals surface area (Å²) in [5.41, 5.74) is 5.94. The zero-order chi connectivity index (χ0) is 14.3. The average Bonchev–Trinajstić information content (AvgIpc) is 2.90. The Hall–Kier alpha value is -0.540. The van der Waals surface area contributed by atoms with Crippen molar-refractivity contribution >= 4 is 15.9 Å². The molecule has 1 aromatic rings. The molecular weight excluding hydrogens is 314 g/mol. The Morgan fingerprint density at radius 3 is 2.45 bits per heavy atom. The summed E-state index contributed by atoms with van der Waals surface area (Å²) in [5, 5.41) is 3.70. The van der Waals surface area contributed by atoms with Crippen molar-refractivity contribution in [1.29, 1.82) is 0 Å². The van der Waals surface area contributed by atoms with Gasteiger partial charge in [-0.1, -0.05) is 0 Å². The topological polar surface area (TPSA) is 21.3 Å². The van der Waals surface area contributed by atoms with Crippen LogP contribution in [0.1, 0.15) is 54.9 Å². The minimum Gasteiger partial charge on any atom is -0.495 e. The molecule has 1 heterocycles. The Kier molecular flexibility index (Phi) is 3.85. The Labute approximate surface area is 130 Å². The summed E-state index contributed by atoms with van der Waals surface area (Å²) in [5.74, 6) is 1.06. The zero-order valence-corrected chi connectivity index (χ0v) is 14.3. The molecule has 0 saturated carbocycles. The SMILES string of the molecule is COc1c(Br)c2c(c(C)c1C1(C)CCCN1)CCCC2. The molecule has 0 spiro atoms. The van der Waals surface area contributed by atoms with Crippen LogP contribution in [-0.4, -0.2) is 13.7 Å². The van der Waals surface area contributed by atoms with Crippen molar-refractivity contribution in [1.82, 2.24) is 5.32 Å². The lowest BCUT2D eigenvalue weighted by atomic mass is 9.79. The number of fused-ring (bicyclic) bond motifs is 1. The van der Waals surface area contributed by atoms with Crippen molar-refractivity contribution in [2.45, 2.75) is 57.9 Å². The van der Waals surface area contributed by atoms with Crippen LogP contribution < -0.4 is 10.1 Å². The quantitative estimate of drug-likeness (QED) is 0.871. The average molecular weight is 338 g/mol. The Bertz CT molecular complexity index is 533. The van der Waals surface area contributed by atoms with E-state index < -0.39 is 0 Å². The van der Waals surface area contributed by atoms with Crippen LogP contribution >= 0.6 is 15.9 Å². The van der Waals surface area contributed by atoms with Crippen LogP contribution in [0.5, 0.6) is 5.75 Å². The first-order chi connectivity index (χ1) is 9.58. The molecule has 1 aliphatic carbocycles. The van der Waals surface area contributed by atoms with Crippen LogP contribution in [0.25, 0.3) is 0 Å². The number of rotatable bonds is 2. The number of hydrogen-bond acceptors (Lipinski definition) is 2. The van der Waals surface area contributed by atoms with E-state index in [1.54, 1.807) is 12.7 Å². The first-order valence-corrected chi connectivity index (χ1v) is 8.51. The normalized spacial score (nSPS) is 25.6. The fraction of sp³-hybridized carbons (Fsp3) is 0.647. The smallest absolute Gasteiger partial charge is 0.138 e. The molecule has 0 radical (unpaired) electrons. The standard InChI is InChI=1S/C17H24BrNO/c1-11-12-7-4-5-8-13(12)15(18)16(20-3)14(11)17(2)9-6-10-19-17/h19H,4-10H2,1-3H3. The number of nitrogens with one attached hydrogen (secondary N) is 1. The van der Waals surface area contributed by atoms with Crippen molar-refractivity contribution < 1.29 is 4.74 Å². The Morgan fingerprint density at radius 1 is 1.15 bits per heavy atom. The molecule has 3 heteroatoms. The largest absolute Gasteiger partial charge is 0.495 e. The summed E-state index contributed by atoms with van der Waals surface area (Å²) >= 11 is 3.83. The Morgan fingerprint density at radius 2 is 1.85 bits per heavy atom. The predicted octanol–water partition coefficient (Wildman–Crippen LogP) is 4.24. The van der Waals surface area contributed by atoms with Crippen LogP contribution in [0.4, 0.5) is 0 Å². The maximum absolute atomic E-state index is 5.81. The van der Waals surface area contributed by atoms with E-state index in [0.717, 1.165) is 12.3 Å². The van der Waals surface area contributed by atoms with Gasteiger partial charge in [-0.05, 0) is 91.5 Å². The number of benzene rings is 1. The van der Waals surface area contributed by atoms with Gasteiger partial charge in [-0.2, -0.15) is 0 Å². The molecule has 20 heavy (non-hydrogen) atoms. The van der Waals surface area contributed by atoms with E-state index in [1.165, 1.54) is 59.7 Å². The van der Waals surface area contributed by atoms with Gasteiger partial charge in [0.05, 0.1) is 11.6 Å². The van der Waals surface area contributed by atoms with Crippen molar-refractivity contribution in [3.05, 3.63) is 26.7 Å². The summed E-state index contributed by atoms with van der Waals surface area (Å²) in [4.78, 5) is 0. The first kappa shape index (κ1) is 14.4. The molecule has 1 fully saturated rings. The van der Waals surface area contributed by atoms with Crippen LogP contribution in [0.2, 0.25) is 0 Å². The monoisotopic (exact) mass is 337 g/mol. The predicted molar refractivity (Wildman–Crippen MR) is 86.7 cm³/mol. The minimum atomic E-state index is 0.0599. The highest BCUT2D eigenvalue weighted by molar-refractivity contribution is 9.10. The van der Waals surface area contributed by atoms with E-state index in [-0.39, 0.29) is 5.54 Å².